The van der Waals surface area contributed by atoms with Crippen LogP contribution in [-0.2, 0) is 9.53 Å². The highest BCUT2D eigenvalue weighted by atomic mass is 35.5. The molecular weight excluding hydrogens is 339 g/mol. The topological polar surface area (TPSA) is 69.0 Å². The average molecular weight is 353 g/mol. The number of anilines is 1. The summed E-state index contributed by atoms with van der Waals surface area (Å²) in [5.41, 5.74) is 1.73. The van der Waals surface area contributed by atoms with E-state index in [0.717, 1.165) is 0 Å². The van der Waals surface area contributed by atoms with Crippen LogP contribution in [0.1, 0.15) is 25.5 Å². The zero-order valence-corrected chi connectivity index (χ0v) is 14.0. The number of aromatic nitrogens is 3. The first-order valence-corrected chi connectivity index (χ1v) is 7.78. The molecule has 1 aromatic heterocycles. The molecule has 1 N–H and O–H groups in total. The SMILES string of the molecule is CCOC(=O)C1=C(C)Nc2ncnn2[C@@H]1c1cccc(Cl)c1Cl. The average Bonchev–Trinajstić information content (AvgIpc) is 2.97. The highest BCUT2D eigenvalue weighted by molar-refractivity contribution is 6.42. The zero-order valence-electron chi connectivity index (χ0n) is 12.5. The van der Waals surface area contributed by atoms with Crippen LogP contribution in [0.3, 0.4) is 0 Å². The summed E-state index contributed by atoms with van der Waals surface area (Å²) >= 11 is 12.5. The first kappa shape index (κ1) is 15.8. The van der Waals surface area contributed by atoms with Crippen molar-refractivity contribution in [1.29, 1.82) is 0 Å². The van der Waals surface area contributed by atoms with Gasteiger partial charge in [0.25, 0.3) is 0 Å². The maximum Gasteiger partial charge on any atom is 0.338 e. The van der Waals surface area contributed by atoms with Gasteiger partial charge in [-0.2, -0.15) is 10.1 Å². The first-order chi connectivity index (χ1) is 11.0. The van der Waals surface area contributed by atoms with Crippen LogP contribution in [-0.4, -0.2) is 27.3 Å². The molecule has 6 nitrogen and oxygen atoms in total. The fourth-order valence-corrected chi connectivity index (χ4v) is 2.99. The molecule has 0 spiro atoms. The Bertz CT molecular complexity index is 801. The third kappa shape index (κ3) is 2.68. The summed E-state index contributed by atoms with van der Waals surface area (Å²) in [6.45, 7) is 3.82. The van der Waals surface area contributed by atoms with E-state index in [-0.39, 0.29) is 6.61 Å². The van der Waals surface area contributed by atoms with Crippen LogP contribution in [0, 0.1) is 0 Å². The Balaban J connectivity index is 2.21. The van der Waals surface area contributed by atoms with E-state index < -0.39 is 12.0 Å². The minimum absolute atomic E-state index is 0.274. The van der Waals surface area contributed by atoms with Crippen LogP contribution in [0.15, 0.2) is 35.8 Å². The number of carbonyl (C=O) groups is 1. The molecule has 0 fully saturated rings. The second kappa shape index (κ2) is 6.22. The van der Waals surface area contributed by atoms with Crippen LogP contribution in [0.4, 0.5) is 5.95 Å². The number of carbonyl (C=O) groups excluding carboxylic acids is 1. The largest absolute Gasteiger partial charge is 0.463 e. The molecular formula is C15H14Cl2N4O2. The van der Waals surface area contributed by atoms with E-state index in [4.69, 9.17) is 27.9 Å². The summed E-state index contributed by atoms with van der Waals surface area (Å²) in [7, 11) is 0. The van der Waals surface area contributed by atoms with Gasteiger partial charge in [0.1, 0.15) is 12.4 Å². The number of esters is 1. The Kier molecular flexibility index (Phi) is 4.28. The maximum atomic E-state index is 12.5. The van der Waals surface area contributed by atoms with Gasteiger partial charge in [0.05, 0.1) is 22.2 Å². The lowest BCUT2D eigenvalue weighted by molar-refractivity contribution is -0.139. The quantitative estimate of drug-likeness (QED) is 0.856. The summed E-state index contributed by atoms with van der Waals surface area (Å²) in [6, 6.07) is 4.72. The number of halogens is 2. The number of nitrogens with zero attached hydrogens (tertiary/aromatic N) is 3. The van der Waals surface area contributed by atoms with Crippen molar-refractivity contribution in [2.24, 2.45) is 0 Å². The molecule has 0 aliphatic carbocycles. The van der Waals surface area contributed by atoms with Crippen molar-refractivity contribution in [1.82, 2.24) is 14.8 Å². The summed E-state index contributed by atoms with van der Waals surface area (Å²) in [6.07, 6.45) is 1.41. The van der Waals surface area contributed by atoms with Crippen molar-refractivity contribution >= 4 is 35.1 Å². The lowest BCUT2D eigenvalue weighted by atomic mass is 9.95. The first-order valence-electron chi connectivity index (χ1n) is 7.03. The van der Waals surface area contributed by atoms with Gasteiger partial charge in [-0.3, -0.25) is 0 Å². The van der Waals surface area contributed by atoms with Crippen molar-refractivity contribution in [2.45, 2.75) is 19.9 Å². The molecule has 1 aliphatic heterocycles. The second-order valence-electron chi connectivity index (χ2n) is 4.96. The molecule has 2 heterocycles. The molecule has 1 atom stereocenters. The molecule has 0 radical (unpaired) electrons. The van der Waals surface area contributed by atoms with Gasteiger partial charge < -0.3 is 10.1 Å². The van der Waals surface area contributed by atoms with Gasteiger partial charge in [0.2, 0.25) is 5.95 Å². The number of hydrogen-bond acceptors (Lipinski definition) is 5. The lowest BCUT2D eigenvalue weighted by Gasteiger charge is -2.28. The van der Waals surface area contributed by atoms with Crippen LogP contribution in [0.25, 0.3) is 0 Å². The Morgan fingerprint density at radius 2 is 2.22 bits per heavy atom. The van der Waals surface area contributed by atoms with Gasteiger partial charge >= 0.3 is 5.97 Å². The number of ether oxygens (including phenoxy) is 1. The third-order valence-electron chi connectivity index (χ3n) is 3.57. The van der Waals surface area contributed by atoms with Gasteiger partial charge in [-0.1, -0.05) is 35.3 Å². The minimum Gasteiger partial charge on any atom is -0.463 e. The molecule has 23 heavy (non-hydrogen) atoms. The number of nitrogens with one attached hydrogen (secondary N) is 1. The second-order valence-corrected chi connectivity index (χ2v) is 5.74. The van der Waals surface area contributed by atoms with Gasteiger partial charge in [-0.05, 0) is 19.9 Å². The van der Waals surface area contributed by atoms with Crippen LogP contribution >= 0.6 is 23.2 Å². The van der Waals surface area contributed by atoms with Crippen molar-refractivity contribution in [3.05, 3.63) is 51.4 Å². The summed E-state index contributed by atoms with van der Waals surface area (Å²) in [5.74, 6) is 0.0938. The van der Waals surface area contributed by atoms with E-state index in [1.807, 2.05) is 6.07 Å². The van der Waals surface area contributed by atoms with Gasteiger partial charge in [0, 0.05) is 11.3 Å². The van der Waals surface area contributed by atoms with E-state index in [0.29, 0.717) is 32.8 Å². The molecule has 1 aromatic carbocycles. The lowest BCUT2D eigenvalue weighted by Crippen LogP contribution is -2.29. The van der Waals surface area contributed by atoms with Gasteiger partial charge in [-0.25, -0.2) is 9.48 Å². The maximum absolute atomic E-state index is 12.5. The summed E-state index contributed by atoms with van der Waals surface area (Å²) in [4.78, 5) is 16.6. The molecule has 0 unspecified atom stereocenters. The summed E-state index contributed by atoms with van der Waals surface area (Å²) < 4.78 is 6.78. The predicted molar refractivity (Wildman–Crippen MR) is 87.6 cm³/mol. The van der Waals surface area contributed by atoms with Crippen LogP contribution in [0.5, 0.6) is 0 Å². The highest BCUT2D eigenvalue weighted by Crippen LogP contribution is 2.40. The fraction of sp³-hybridized carbons (Fsp3) is 0.267. The Morgan fingerprint density at radius 3 is 2.96 bits per heavy atom. The van der Waals surface area contributed by atoms with E-state index in [1.54, 1.807) is 30.7 Å². The standard InChI is InChI=1S/C15H14Cl2N4O2/c1-3-23-14(22)11-8(2)20-15-18-7-19-21(15)13(11)9-5-4-6-10(16)12(9)17/h4-7,13H,3H2,1-2H3,(H,18,19,20)/t13-/m1/s1. The number of fused-ring (bicyclic) bond motifs is 1. The molecule has 2 aromatic rings. The normalized spacial score (nSPS) is 16.8. The smallest absolute Gasteiger partial charge is 0.338 e. The summed E-state index contributed by atoms with van der Waals surface area (Å²) in [5, 5.41) is 8.05. The molecule has 0 amide bonds. The van der Waals surface area contributed by atoms with Crippen LogP contribution < -0.4 is 5.32 Å². The van der Waals surface area contributed by atoms with Crippen molar-refractivity contribution in [3.63, 3.8) is 0 Å². The fourth-order valence-electron chi connectivity index (χ4n) is 2.58. The number of rotatable bonds is 3. The predicted octanol–water partition coefficient (Wildman–Crippen LogP) is 3.44. The van der Waals surface area contributed by atoms with E-state index in [2.05, 4.69) is 15.4 Å². The number of allylic oxidation sites excluding steroid dienone is 1. The highest BCUT2D eigenvalue weighted by Gasteiger charge is 2.35. The molecule has 1 aliphatic rings. The molecule has 8 heteroatoms. The van der Waals surface area contributed by atoms with Gasteiger partial charge in [0.15, 0.2) is 0 Å². The molecule has 3 rings (SSSR count). The van der Waals surface area contributed by atoms with E-state index >= 15 is 0 Å². The minimum atomic E-state index is -0.556. The third-order valence-corrected chi connectivity index (χ3v) is 4.40. The molecule has 120 valence electrons. The van der Waals surface area contributed by atoms with Crippen molar-refractivity contribution in [3.8, 4) is 0 Å². The van der Waals surface area contributed by atoms with Gasteiger partial charge in [-0.15, -0.1) is 0 Å². The number of benzene rings is 1. The number of hydrogen-bond donors (Lipinski definition) is 1. The Hall–Kier alpha value is -2.05. The molecule has 0 saturated carbocycles. The van der Waals surface area contributed by atoms with E-state index in [9.17, 15) is 4.79 Å². The van der Waals surface area contributed by atoms with E-state index in [1.165, 1.54) is 6.33 Å². The Labute approximate surface area is 143 Å². The molecule has 0 saturated heterocycles. The Morgan fingerprint density at radius 1 is 1.43 bits per heavy atom. The van der Waals surface area contributed by atoms with Crippen molar-refractivity contribution in [2.75, 3.05) is 11.9 Å². The monoisotopic (exact) mass is 352 g/mol. The molecule has 0 bridgehead atoms. The van der Waals surface area contributed by atoms with Crippen LogP contribution in [0.2, 0.25) is 10.0 Å². The zero-order chi connectivity index (χ0) is 16.6. The van der Waals surface area contributed by atoms with Crippen molar-refractivity contribution < 1.29 is 9.53 Å².